The zero-order valence-electron chi connectivity index (χ0n) is 10.9. The topological polar surface area (TPSA) is 63.4 Å². The Morgan fingerprint density at radius 2 is 1.95 bits per heavy atom. The maximum atomic E-state index is 10.9. The molecule has 0 bridgehead atoms. The van der Waals surface area contributed by atoms with Crippen LogP contribution in [0.15, 0.2) is 42.5 Å². The molecule has 0 radical (unpaired) electrons. The van der Waals surface area contributed by atoms with Crippen LogP contribution in [0, 0.1) is 17.0 Å². The van der Waals surface area contributed by atoms with Crippen LogP contribution < -0.4 is 0 Å². The van der Waals surface area contributed by atoms with Crippen molar-refractivity contribution in [2.24, 2.45) is 0 Å². The van der Waals surface area contributed by atoms with Crippen molar-refractivity contribution >= 4 is 22.8 Å². The smallest absolute Gasteiger partial charge is 0.311 e. The summed E-state index contributed by atoms with van der Waals surface area (Å²) in [5.74, 6) is -0.288. The van der Waals surface area contributed by atoms with Crippen molar-refractivity contribution in [3.63, 3.8) is 0 Å². The molecule has 0 amide bonds. The Balaban J connectivity index is 2.31. The lowest BCUT2D eigenvalue weighted by molar-refractivity contribution is -0.386. The predicted octanol–water partition coefficient (Wildman–Crippen LogP) is 3.57. The minimum atomic E-state index is -0.586. The molecule has 2 aromatic rings. The van der Waals surface area contributed by atoms with Gasteiger partial charge in [-0.1, -0.05) is 48.6 Å². The number of aryl methyl sites for hydroxylation is 1. The lowest BCUT2D eigenvalue weighted by Crippen LogP contribution is -2.03. The number of rotatable bonds is 4. The molecule has 0 aliphatic carbocycles. The van der Waals surface area contributed by atoms with E-state index in [2.05, 4.69) is 0 Å². The quantitative estimate of drug-likeness (QED) is 0.404. The molecule has 0 aliphatic rings. The summed E-state index contributed by atoms with van der Waals surface area (Å²) < 4.78 is 0. The van der Waals surface area contributed by atoms with Gasteiger partial charge in [0.05, 0.1) is 4.92 Å². The highest BCUT2D eigenvalue weighted by atomic mass is 32.1. The van der Waals surface area contributed by atoms with E-state index in [1.165, 1.54) is 6.07 Å². The summed E-state index contributed by atoms with van der Waals surface area (Å²) in [5, 5.41) is 20.6. The molecule has 2 aromatic carbocycles. The first-order valence-electron chi connectivity index (χ1n) is 6.04. The molecule has 0 fully saturated rings. The van der Waals surface area contributed by atoms with E-state index in [0.29, 0.717) is 16.8 Å². The van der Waals surface area contributed by atoms with Gasteiger partial charge in [0.15, 0.2) is 5.75 Å². The van der Waals surface area contributed by atoms with E-state index in [-0.39, 0.29) is 11.4 Å². The number of nitrogens with zero attached hydrogens (tertiary/aromatic N) is 1. The average molecular weight is 287 g/mol. The lowest BCUT2D eigenvalue weighted by atomic mass is 10.0. The van der Waals surface area contributed by atoms with Crippen LogP contribution in [0.25, 0.3) is 0 Å². The second-order valence-electron chi connectivity index (χ2n) is 4.50. The van der Waals surface area contributed by atoms with Crippen LogP contribution >= 0.6 is 12.2 Å². The minimum Gasteiger partial charge on any atom is -0.502 e. The molecule has 0 saturated heterocycles. The zero-order valence-corrected chi connectivity index (χ0v) is 11.7. The SMILES string of the molecule is Cc1cc(CC(=S)c2ccccc2)cc([N+](=O)[O-])c1O. The van der Waals surface area contributed by atoms with Gasteiger partial charge in [-0.3, -0.25) is 10.1 Å². The van der Waals surface area contributed by atoms with Crippen molar-refractivity contribution in [2.45, 2.75) is 13.3 Å². The number of nitro benzene ring substituents is 1. The standard InChI is InChI=1S/C15H13NO3S/c1-10-7-11(8-13(15(10)17)16(18)19)9-14(20)12-5-3-2-4-6-12/h2-8,17H,9H2,1H3. The van der Waals surface area contributed by atoms with Gasteiger partial charge in [-0.05, 0) is 23.6 Å². The van der Waals surface area contributed by atoms with Crippen molar-refractivity contribution in [3.8, 4) is 5.75 Å². The number of phenolic OH excluding ortho intramolecular Hbond substituents is 1. The summed E-state index contributed by atoms with van der Waals surface area (Å²) in [6.45, 7) is 1.64. The summed E-state index contributed by atoms with van der Waals surface area (Å²) in [6.07, 6.45) is 0.432. The first-order chi connectivity index (χ1) is 9.49. The summed E-state index contributed by atoms with van der Waals surface area (Å²) in [5.41, 5.74) is 1.85. The van der Waals surface area contributed by atoms with Crippen LogP contribution in [0.4, 0.5) is 5.69 Å². The largest absolute Gasteiger partial charge is 0.502 e. The first kappa shape index (κ1) is 14.1. The average Bonchev–Trinajstić information content (AvgIpc) is 2.43. The third-order valence-electron chi connectivity index (χ3n) is 3.00. The number of aromatic hydroxyl groups is 1. The van der Waals surface area contributed by atoms with Crippen molar-refractivity contribution in [3.05, 3.63) is 69.3 Å². The number of benzene rings is 2. The van der Waals surface area contributed by atoms with Gasteiger partial charge in [-0.2, -0.15) is 0 Å². The van der Waals surface area contributed by atoms with Gasteiger partial charge in [-0.25, -0.2) is 0 Å². The van der Waals surface area contributed by atoms with Crippen LogP contribution in [0.5, 0.6) is 5.75 Å². The second kappa shape index (κ2) is 5.79. The van der Waals surface area contributed by atoms with Crippen LogP contribution in [-0.2, 0) is 6.42 Å². The van der Waals surface area contributed by atoms with Crippen molar-refractivity contribution in [1.29, 1.82) is 0 Å². The fraction of sp³-hybridized carbons (Fsp3) is 0.133. The third-order valence-corrected chi connectivity index (χ3v) is 3.38. The van der Waals surface area contributed by atoms with Crippen LogP contribution in [0.1, 0.15) is 16.7 Å². The highest BCUT2D eigenvalue weighted by Crippen LogP contribution is 2.31. The molecule has 2 rings (SSSR count). The van der Waals surface area contributed by atoms with E-state index in [1.54, 1.807) is 13.0 Å². The summed E-state index contributed by atoms with van der Waals surface area (Å²) in [4.78, 5) is 11.0. The highest BCUT2D eigenvalue weighted by Gasteiger charge is 2.17. The molecule has 20 heavy (non-hydrogen) atoms. The van der Waals surface area contributed by atoms with E-state index in [0.717, 1.165) is 11.1 Å². The zero-order chi connectivity index (χ0) is 14.7. The van der Waals surface area contributed by atoms with Crippen LogP contribution in [0.2, 0.25) is 0 Å². The fourth-order valence-corrected chi connectivity index (χ4v) is 2.29. The van der Waals surface area contributed by atoms with Crippen molar-refractivity contribution in [2.75, 3.05) is 0 Å². The normalized spacial score (nSPS) is 10.2. The molecule has 5 heteroatoms. The van der Waals surface area contributed by atoms with Gasteiger partial charge in [0.25, 0.3) is 0 Å². The molecule has 4 nitrogen and oxygen atoms in total. The van der Waals surface area contributed by atoms with E-state index < -0.39 is 4.92 Å². The van der Waals surface area contributed by atoms with E-state index >= 15 is 0 Å². The second-order valence-corrected chi connectivity index (χ2v) is 5.00. The Kier molecular flexibility index (Phi) is 4.10. The fourth-order valence-electron chi connectivity index (χ4n) is 1.99. The van der Waals surface area contributed by atoms with Gasteiger partial charge < -0.3 is 5.11 Å². The lowest BCUT2D eigenvalue weighted by Gasteiger charge is -2.07. The number of hydrogen-bond acceptors (Lipinski definition) is 4. The Morgan fingerprint density at radius 3 is 2.55 bits per heavy atom. The molecular weight excluding hydrogens is 274 g/mol. The molecule has 0 saturated carbocycles. The van der Waals surface area contributed by atoms with Crippen molar-refractivity contribution in [1.82, 2.24) is 0 Å². The van der Waals surface area contributed by atoms with E-state index in [1.807, 2.05) is 30.3 Å². The molecule has 0 spiro atoms. The molecule has 0 heterocycles. The Labute approximate surface area is 121 Å². The Morgan fingerprint density at radius 1 is 1.30 bits per heavy atom. The molecular formula is C15H13NO3S. The molecule has 0 atom stereocenters. The van der Waals surface area contributed by atoms with E-state index in [4.69, 9.17) is 12.2 Å². The number of nitro groups is 1. The number of hydrogen-bond donors (Lipinski definition) is 1. The molecule has 1 N–H and O–H groups in total. The summed E-state index contributed by atoms with van der Waals surface area (Å²) in [7, 11) is 0. The Hall–Kier alpha value is -2.27. The van der Waals surface area contributed by atoms with Gasteiger partial charge in [-0.15, -0.1) is 0 Å². The van der Waals surface area contributed by atoms with Crippen LogP contribution in [0.3, 0.4) is 0 Å². The molecule has 0 unspecified atom stereocenters. The van der Waals surface area contributed by atoms with Gasteiger partial charge in [0.1, 0.15) is 0 Å². The minimum absolute atomic E-state index is 0.282. The third kappa shape index (κ3) is 3.00. The number of phenols is 1. The Bertz CT molecular complexity index is 668. The maximum absolute atomic E-state index is 10.9. The monoisotopic (exact) mass is 287 g/mol. The number of thiocarbonyl (C=S) groups is 1. The molecule has 0 aromatic heterocycles. The van der Waals surface area contributed by atoms with E-state index in [9.17, 15) is 15.2 Å². The van der Waals surface area contributed by atoms with Gasteiger partial charge in [0.2, 0.25) is 0 Å². The van der Waals surface area contributed by atoms with Gasteiger partial charge >= 0.3 is 5.69 Å². The first-order valence-corrected chi connectivity index (χ1v) is 6.45. The maximum Gasteiger partial charge on any atom is 0.311 e. The van der Waals surface area contributed by atoms with Crippen LogP contribution in [-0.4, -0.2) is 14.9 Å². The molecule has 102 valence electrons. The summed E-state index contributed by atoms with van der Waals surface area (Å²) >= 11 is 5.36. The summed E-state index contributed by atoms with van der Waals surface area (Å²) in [6, 6.07) is 12.6. The van der Waals surface area contributed by atoms with Crippen molar-refractivity contribution < 1.29 is 10.0 Å². The highest BCUT2D eigenvalue weighted by molar-refractivity contribution is 7.80. The molecule has 0 aliphatic heterocycles. The van der Waals surface area contributed by atoms with Gasteiger partial charge in [0, 0.05) is 17.4 Å². The predicted molar refractivity (Wildman–Crippen MR) is 81.3 cm³/mol.